The number of hydrogen-bond acceptors (Lipinski definition) is 4. The number of para-hydroxylation sites is 1. The molecule has 1 fully saturated rings. The number of carbonyl (C=O) groups excluding carboxylic acids is 1. The fourth-order valence-corrected chi connectivity index (χ4v) is 5.13. The highest BCUT2D eigenvalue weighted by atomic mass is 35.5. The normalized spacial score (nSPS) is 14.4. The molecule has 1 aliphatic carbocycles. The van der Waals surface area contributed by atoms with Crippen molar-refractivity contribution in [3.05, 3.63) is 64.7 Å². The lowest BCUT2D eigenvalue weighted by Crippen LogP contribution is -2.07. The summed E-state index contributed by atoms with van der Waals surface area (Å²) in [6.07, 6.45) is 6.25. The second-order valence-corrected chi connectivity index (χ2v) is 8.96. The molecule has 0 radical (unpaired) electrons. The number of rotatable bonds is 7. The number of fused-ring (bicyclic) bond motifs is 1. The molecule has 4 rings (SSSR count). The van der Waals surface area contributed by atoms with Gasteiger partial charge in [-0.25, -0.2) is 4.98 Å². The van der Waals surface area contributed by atoms with Crippen LogP contribution in [0.1, 0.15) is 41.6 Å². The number of hydrogen-bond donors (Lipinski definition) is 0. The summed E-state index contributed by atoms with van der Waals surface area (Å²) in [5.74, 6) is 1.58. The van der Waals surface area contributed by atoms with E-state index in [4.69, 9.17) is 21.3 Å². The zero-order chi connectivity index (χ0) is 20.2. The van der Waals surface area contributed by atoms with E-state index in [0.29, 0.717) is 22.1 Å². The van der Waals surface area contributed by atoms with E-state index in [1.54, 1.807) is 25.3 Å². The van der Waals surface area contributed by atoms with Gasteiger partial charge < -0.3 is 4.74 Å². The molecule has 0 aliphatic heterocycles. The first-order chi connectivity index (χ1) is 14.1. The van der Waals surface area contributed by atoms with Crippen molar-refractivity contribution in [2.75, 3.05) is 12.9 Å². The number of Topliss-reactive ketones (excluding diaryl/α,β-unsaturated/α-hetero) is 1. The Labute approximate surface area is 180 Å². The number of pyridine rings is 1. The molecule has 0 spiro atoms. The van der Waals surface area contributed by atoms with Gasteiger partial charge in [0.25, 0.3) is 0 Å². The second kappa shape index (κ2) is 9.19. The Kier molecular flexibility index (Phi) is 6.41. The van der Waals surface area contributed by atoms with Crippen LogP contribution in [0.3, 0.4) is 0 Å². The summed E-state index contributed by atoms with van der Waals surface area (Å²) in [5, 5.41) is 2.66. The Morgan fingerprint density at radius 3 is 2.76 bits per heavy atom. The SMILES string of the molecule is COc1ccc(Cl)cc1C(=O)CSc1nc2ccccc2cc1CC1CCCC1. The van der Waals surface area contributed by atoms with Gasteiger partial charge in [-0.3, -0.25) is 4.79 Å². The number of benzene rings is 2. The van der Waals surface area contributed by atoms with Crippen molar-refractivity contribution in [1.82, 2.24) is 4.98 Å². The molecule has 0 amide bonds. The number of ether oxygens (including phenoxy) is 1. The molecule has 3 aromatic rings. The molecule has 1 aromatic heterocycles. The van der Waals surface area contributed by atoms with Crippen molar-refractivity contribution in [2.24, 2.45) is 5.92 Å². The minimum Gasteiger partial charge on any atom is -0.496 e. The van der Waals surface area contributed by atoms with E-state index in [2.05, 4.69) is 12.1 Å². The molecule has 0 bridgehead atoms. The summed E-state index contributed by atoms with van der Waals surface area (Å²) in [5.41, 5.74) is 2.75. The molecule has 2 aromatic carbocycles. The molecule has 0 N–H and O–H groups in total. The van der Waals surface area contributed by atoms with Crippen molar-refractivity contribution in [2.45, 2.75) is 37.1 Å². The van der Waals surface area contributed by atoms with Crippen molar-refractivity contribution >= 4 is 40.0 Å². The molecule has 0 atom stereocenters. The van der Waals surface area contributed by atoms with Gasteiger partial charge in [0.15, 0.2) is 5.78 Å². The predicted molar refractivity (Wildman–Crippen MR) is 120 cm³/mol. The minimum absolute atomic E-state index is 0.00359. The quantitative estimate of drug-likeness (QED) is 0.315. The van der Waals surface area contributed by atoms with Crippen LogP contribution < -0.4 is 4.74 Å². The lowest BCUT2D eigenvalue weighted by molar-refractivity contribution is 0.101. The standard InChI is InChI=1S/C24H24ClNO2S/c1-28-23-11-10-19(25)14-20(23)22(27)15-29-24-18(12-16-6-2-3-7-16)13-17-8-4-5-9-21(17)26-24/h4-5,8-11,13-14,16H,2-3,6-7,12,15H2,1H3. The van der Waals surface area contributed by atoms with E-state index in [1.807, 2.05) is 18.2 Å². The van der Waals surface area contributed by atoms with Crippen LogP contribution in [-0.4, -0.2) is 23.6 Å². The maximum absolute atomic E-state index is 12.9. The largest absolute Gasteiger partial charge is 0.496 e. The van der Waals surface area contributed by atoms with Crippen molar-refractivity contribution in [3.63, 3.8) is 0 Å². The molecule has 0 saturated heterocycles. The second-order valence-electron chi connectivity index (χ2n) is 7.56. The summed E-state index contributed by atoms with van der Waals surface area (Å²) in [4.78, 5) is 17.8. The minimum atomic E-state index is -0.00359. The summed E-state index contributed by atoms with van der Waals surface area (Å²) < 4.78 is 5.34. The molecule has 3 nitrogen and oxygen atoms in total. The third-order valence-electron chi connectivity index (χ3n) is 5.55. The van der Waals surface area contributed by atoms with Gasteiger partial charge in [0.1, 0.15) is 10.8 Å². The summed E-state index contributed by atoms with van der Waals surface area (Å²) >= 11 is 7.61. The maximum Gasteiger partial charge on any atom is 0.176 e. The Bertz CT molecular complexity index is 1030. The number of aromatic nitrogens is 1. The average molecular weight is 426 g/mol. The molecule has 0 unspecified atom stereocenters. The van der Waals surface area contributed by atoms with Gasteiger partial charge in [-0.1, -0.05) is 67.2 Å². The molecule has 150 valence electrons. The Morgan fingerprint density at radius 2 is 1.97 bits per heavy atom. The third kappa shape index (κ3) is 4.76. The Morgan fingerprint density at radius 1 is 1.17 bits per heavy atom. The van der Waals surface area contributed by atoms with Gasteiger partial charge in [0.2, 0.25) is 0 Å². The van der Waals surface area contributed by atoms with Gasteiger partial charge in [-0.15, -0.1) is 0 Å². The smallest absolute Gasteiger partial charge is 0.176 e. The average Bonchev–Trinajstić information content (AvgIpc) is 3.25. The van der Waals surface area contributed by atoms with E-state index in [0.717, 1.165) is 28.3 Å². The molecular formula is C24H24ClNO2S. The van der Waals surface area contributed by atoms with Crippen LogP contribution in [0.5, 0.6) is 5.75 Å². The fraction of sp³-hybridized carbons (Fsp3) is 0.333. The molecule has 1 heterocycles. The highest BCUT2D eigenvalue weighted by Gasteiger charge is 2.20. The van der Waals surface area contributed by atoms with Crippen molar-refractivity contribution in [3.8, 4) is 5.75 Å². The lowest BCUT2D eigenvalue weighted by Gasteiger charge is -2.14. The Hall–Kier alpha value is -2.04. The first-order valence-electron chi connectivity index (χ1n) is 10.0. The number of thioether (sulfide) groups is 1. The van der Waals surface area contributed by atoms with Crippen LogP contribution in [-0.2, 0) is 6.42 Å². The Balaban J connectivity index is 1.59. The van der Waals surface area contributed by atoms with Crippen molar-refractivity contribution < 1.29 is 9.53 Å². The van der Waals surface area contributed by atoms with Crippen molar-refractivity contribution in [1.29, 1.82) is 0 Å². The number of nitrogens with zero attached hydrogens (tertiary/aromatic N) is 1. The number of carbonyl (C=O) groups is 1. The molecule has 5 heteroatoms. The van der Waals surface area contributed by atoms with Crippen LogP contribution in [0.25, 0.3) is 10.9 Å². The maximum atomic E-state index is 12.9. The highest BCUT2D eigenvalue weighted by Crippen LogP contribution is 2.33. The van der Waals surface area contributed by atoms with Gasteiger partial charge in [-0.2, -0.15) is 0 Å². The van der Waals surface area contributed by atoms with Gasteiger partial charge in [-0.05, 0) is 48.2 Å². The number of halogens is 1. The van der Waals surface area contributed by atoms with Crippen LogP contribution >= 0.6 is 23.4 Å². The van der Waals surface area contributed by atoms with E-state index in [1.165, 1.54) is 43.0 Å². The van der Waals surface area contributed by atoms with Crippen LogP contribution in [0, 0.1) is 5.92 Å². The monoisotopic (exact) mass is 425 g/mol. The fourth-order valence-electron chi connectivity index (χ4n) is 4.05. The number of ketones is 1. The molecular weight excluding hydrogens is 402 g/mol. The molecule has 1 saturated carbocycles. The predicted octanol–water partition coefficient (Wildman–Crippen LogP) is 6.60. The van der Waals surface area contributed by atoms with Gasteiger partial charge in [0, 0.05) is 10.4 Å². The van der Waals surface area contributed by atoms with Gasteiger partial charge in [0.05, 0.1) is 23.9 Å². The summed E-state index contributed by atoms with van der Waals surface area (Å²) in [7, 11) is 1.57. The van der Waals surface area contributed by atoms with Gasteiger partial charge >= 0.3 is 0 Å². The highest BCUT2D eigenvalue weighted by molar-refractivity contribution is 8.00. The van der Waals surface area contributed by atoms with E-state index >= 15 is 0 Å². The van der Waals surface area contributed by atoms with Crippen LogP contribution in [0.15, 0.2) is 53.6 Å². The van der Waals surface area contributed by atoms with E-state index in [9.17, 15) is 4.79 Å². The first kappa shape index (κ1) is 20.2. The third-order valence-corrected chi connectivity index (χ3v) is 6.82. The summed E-state index contributed by atoms with van der Waals surface area (Å²) in [6, 6.07) is 15.6. The topological polar surface area (TPSA) is 39.2 Å². The molecule has 1 aliphatic rings. The van der Waals surface area contributed by atoms with Crippen LogP contribution in [0.4, 0.5) is 0 Å². The van der Waals surface area contributed by atoms with E-state index < -0.39 is 0 Å². The zero-order valence-electron chi connectivity index (χ0n) is 16.5. The van der Waals surface area contributed by atoms with Crippen LogP contribution in [0.2, 0.25) is 5.02 Å². The van der Waals surface area contributed by atoms with E-state index in [-0.39, 0.29) is 5.78 Å². The lowest BCUT2D eigenvalue weighted by atomic mass is 9.98. The number of methoxy groups -OCH3 is 1. The molecule has 29 heavy (non-hydrogen) atoms. The zero-order valence-corrected chi connectivity index (χ0v) is 18.1. The summed E-state index contributed by atoms with van der Waals surface area (Å²) in [6.45, 7) is 0. The first-order valence-corrected chi connectivity index (χ1v) is 11.4.